The number of halogens is 2. The van der Waals surface area contributed by atoms with E-state index < -0.39 is 15.8 Å². The van der Waals surface area contributed by atoms with E-state index in [2.05, 4.69) is 26.1 Å². The van der Waals surface area contributed by atoms with Gasteiger partial charge in [0.25, 0.3) is 5.89 Å². The normalized spacial score (nSPS) is 11.7. The average molecular weight is 470 g/mol. The summed E-state index contributed by atoms with van der Waals surface area (Å²) in [5.41, 5.74) is 0. The van der Waals surface area contributed by atoms with Crippen LogP contribution in [-0.2, 0) is 23.1 Å². The molecule has 2 aromatic carbocycles. The van der Waals surface area contributed by atoms with Gasteiger partial charge in [0.05, 0.1) is 4.90 Å². The van der Waals surface area contributed by atoms with Crippen LogP contribution in [0.5, 0.6) is 5.75 Å². The molecule has 0 saturated heterocycles. The zero-order valence-electron chi connectivity index (χ0n) is 14.9. The van der Waals surface area contributed by atoms with Gasteiger partial charge in [-0.25, -0.2) is 17.1 Å². The van der Waals surface area contributed by atoms with Crippen LogP contribution in [0.2, 0.25) is 0 Å². The van der Waals surface area contributed by atoms with E-state index >= 15 is 0 Å². The fourth-order valence-electron chi connectivity index (χ4n) is 2.32. The molecule has 0 saturated carbocycles. The molecule has 0 aliphatic heterocycles. The maximum absolute atomic E-state index is 13.5. The third-order valence-electron chi connectivity index (χ3n) is 3.87. The molecule has 148 valence electrons. The topological polar surface area (TPSA) is 85.5 Å². The third kappa shape index (κ3) is 4.94. The fourth-order valence-corrected chi connectivity index (χ4v) is 3.75. The van der Waals surface area contributed by atoms with E-state index in [0.29, 0.717) is 5.82 Å². The predicted molar refractivity (Wildman–Crippen MR) is 103 cm³/mol. The number of para-hydroxylation sites is 1. The van der Waals surface area contributed by atoms with E-state index in [1.54, 1.807) is 24.3 Å². The van der Waals surface area contributed by atoms with Gasteiger partial charge in [-0.15, -0.1) is 0 Å². The highest BCUT2D eigenvalue weighted by molar-refractivity contribution is 9.10. The second kappa shape index (κ2) is 8.80. The highest BCUT2D eigenvalue weighted by Crippen LogP contribution is 2.19. The summed E-state index contributed by atoms with van der Waals surface area (Å²) < 4.78 is 51.0. The molecule has 3 aromatic rings. The van der Waals surface area contributed by atoms with Gasteiger partial charge in [-0.2, -0.15) is 4.98 Å². The summed E-state index contributed by atoms with van der Waals surface area (Å²) in [6, 6.07) is 12.4. The zero-order chi connectivity index (χ0) is 20.1. The first-order chi connectivity index (χ1) is 13.4. The first-order valence-electron chi connectivity index (χ1n) is 8.27. The van der Waals surface area contributed by atoms with Crippen LogP contribution in [0.4, 0.5) is 4.39 Å². The Bertz CT molecular complexity index is 1040. The fraction of sp³-hybridized carbons (Fsp3) is 0.222. The number of hydrogen-bond acceptors (Lipinski definition) is 6. The first kappa shape index (κ1) is 20.4. The molecule has 0 aliphatic rings. The smallest absolute Gasteiger partial charge is 0.264 e. The minimum atomic E-state index is -3.61. The van der Waals surface area contributed by atoms with E-state index in [1.165, 1.54) is 35.6 Å². The van der Waals surface area contributed by atoms with Crippen LogP contribution in [0.1, 0.15) is 11.7 Å². The summed E-state index contributed by atoms with van der Waals surface area (Å²) in [5.74, 6) is 0.117. The molecule has 7 nitrogen and oxygen atoms in total. The van der Waals surface area contributed by atoms with Gasteiger partial charge in [-0.05, 0) is 36.4 Å². The van der Waals surface area contributed by atoms with Gasteiger partial charge < -0.3 is 9.26 Å². The van der Waals surface area contributed by atoms with Crippen molar-refractivity contribution in [2.45, 2.75) is 17.9 Å². The van der Waals surface area contributed by atoms with Gasteiger partial charge in [0, 0.05) is 24.5 Å². The minimum Gasteiger partial charge on any atom is -0.481 e. The molecule has 0 N–H and O–H groups in total. The second-order valence-corrected chi connectivity index (χ2v) is 8.81. The van der Waals surface area contributed by atoms with Crippen molar-refractivity contribution in [1.82, 2.24) is 14.4 Å². The summed E-state index contributed by atoms with van der Waals surface area (Å²) in [4.78, 5) is 4.34. The van der Waals surface area contributed by atoms with Crippen LogP contribution in [-0.4, -0.2) is 36.5 Å². The monoisotopic (exact) mass is 469 g/mol. The molecule has 0 bridgehead atoms. The molecule has 0 atom stereocenters. The lowest BCUT2D eigenvalue weighted by molar-refractivity contribution is 0.234. The molecule has 3 rings (SSSR count). The lowest BCUT2D eigenvalue weighted by Crippen LogP contribution is -2.29. The van der Waals surface area contributed by atoms with E-state index in [0.717, 1.165) is 4.47 Å². The maximum Gasteiger partial charge on any atom is 0.264 e. The van der Waals surface area contributed by atoms with Crippen LogP contribution in [0.3, 0.4) is 0 Å². The van der Waals surface area contributed by atoms with E-state index in [9.17, 15) is 12.8 Å². The van der Waals surface area contributed by atoms with Crippen molar-refractivity contribution in [3.63, 3.8) is 0 Å². The van der Waals surface area contributed by atoms with Crippen molar-refractivity contribution in [1.29, 1.82) is 0 Å². The van der Waals surface area contributed by atoms with E-state index in [-0.39, 0.29) is 36.1 Å². The highest BCUT2D eigenvalue weighted by Gasteiger charge is 2.21. The van der Waals surface area contributed by atoms with Crippen molar-refractivity contribution < 1.29 is 22.1 Å². The lowest BCUT2D eigenvalue weighted by atomic mass is 10.3. The Morgan fingerprint density at radius 2 is 1.89 bits per heavy atom. The molecule has 10 heteroatoms. The van der Waals surface area contributed by atoms with E-state index in [4.69, 9.17) is 9.26 Å². The van der Waals surface area contributed by atoms with Crippen molar-refractivity contribution in [2.75, 3.05) is 13.6 Å². The molecule has 0 radical (unpaired) electrons. The Balaban J connectivity index is 1.56. The Hall–Kier alpha value is -2.30. The Morgan fingerprint density at radius 3 is 2.61 bits per heavy atom. The molecular formula is C18H17BrFN3O4S. The van der Waals surface area contributed by atoms with Crippen LogP contribution in [0.15, 0.2) is 62.4 Å². The zero-order valence-corrected chi connectivity index (χ0v) is 17.3. The van der Waals surface area contributed by atoms with Crippen LogP contribution >= 0.6 is 15.9 Å². The summed E-state index contributed by atoms with van der Waals surface area (Å²) in [6.07, 6.45) is 0.259. The van der Waals surface area contributed by atoms with Crippen LogP contribution in [0, 0.1) is 5.82 Å². The van der Waals surface area contributed by atoms with Crippen molar-refractivity contribution in [3.05, 3.63) is 70.5 Å². The van der Waals surface area contributed by atoms with Crippen molar-refractivity contribution in [2.24, 2.45) is 0 Å². The second-order valence-electron chi connectivity index (χ2n) is 5.85. The van der Waals surface area contributed by atoms with E-state index in [1.807, 2.05) is 0 Å². The molecule has 28 heavy (non-hydrogen) atoms. The van der Waals surface area contributed by atoms with Gasteiger partial charge in [-0.3, -0.25) is 0 Å². The lowest BCUT2D eigenvalue weighted by Gasteiger charge is -2.16. The maximum atomic E-state index is 13.5. The molecule has 0 aliphatic carbocycles. The average Bonchev–Trinajstić information content (AvgIpc) is 3.13. The number of rotatable bonds is 8. The summed E-state index contributed by atoms with van der Waals surface area (Å²) in [6.45, 7) is 0.0898. The highest BCUT2D eigenvalue weighted by atomic mass is 79.9. The quantitative estimate of drug-likeness (QED) is 0.502. The van der Waals surface area contributed by atoms with Crippen LogP contribution in [0.25, 0.3) is 0 Å². The van der Waals surface area contributed by atoms with Crippen molar-refractivity contribution >= 4 is 26.0 Å². The molecular weight excluding hydrogens is 453 g/mol. The first-order valence-corrected chi connectivity index (χ1v) is 10.5. The number of sulfonamides is 1. The molecule has 0 spiro atoms. The molecule has 0 unspecified atom stereocenters. The largest absolute Gasteiger partial charge is 0.481 e. The number of aromatic nitrogens is 2. The number of nitrogens with zero attached hydrogens (tertiary/aromatic N) is 3. The number of ether oxygens (including phenoxy) is 1. The molecule has 1 heterocycles. The Morgan fingerprint density at radius 1 is 1.18 bits per heavy atom. The number of hydrogen-bond donors (Lipinski definition) is 0. The predicted octanol–water partition coefficient (Wildman–Crippen LogP) is 3.41. The minimum absolute atomic E-state index is 0.0824. The Labute approximate surface area is 170 Å². The van der Waals surface area contributed by atoms with Gasteiger partial charge in [0.2, 0.25) is 10.0 Å². The van der Waals surface area contributed by atoms with Gasteiger partial charge in [0.1, 0.15) is 0 Å². The van der Waals surface area contributed by atoms with Crippen LogP contribution < -0.4 is 4.74 Å². The van der Waals surface area contributed by atoms with Gasteiger partial charge >= 0.3 is 0 Å². The molecule has 0 amide bonds. The summed E-state index contributed by atoms with van der Waals surface area (Å²) in [5, 5.41) is 3.80. The Kier molecular flexibility index (Phi) is 6.42. The van der Waals surface area contributed by atoms with Crippen molar-refractivity contribution in [3.8, 4) is 5.75 Å². The molecule has 0 fully saturated rings. The summed E-state index contributed by atoms with van der Waals surface area (Å²) in [7, 11) is -2.12. The standard InChI is InChI=1S/C18H17BrFN3O4S/c1-23(28(24,25)14-8-6-13(19)7-9-14)11-10-17-21-18(27-22-17)12-26-16-5-3-2-4-15(16)20/h2-9H,10-12H2,1H3. The number of likely N-dealkylation sites (N-methyl/N-ethyl adjacent to an activating group) is 1. The van der Waals surface area contributed by atoms with Gasteiger partial charge in [0.15, 0.2) is 24.0 Å². The summed E-state index contributed by atoms with van der Waals surface area (Å²) >= 11 is 3.28. The molecule has 1 aromatic heterocycles. The van der Waals surface area contributed by atoms with Gasteiger partial charge in [-0.1, -0.05) is 33.2 Å². The number of benzene rings is 2. The third-order valence-corrected chi connectivity index (χ3v) is 6.27. The SMILES string of the molecule is CN(CCc1noc(COc2ccccc2F)n1)S(=O)(=O)c1ccc(Br)cc1.